The van der Waals surface area contributed by atoms with Crippen LogP contribution in [0.1, 0.15) is 36.3 Å². The Labute approximate surface area is 294 Å². The number of aliphatic hydroxyl groups excluding tert-OH is 1. The van der Waals surface area contributed by atoms with Crippen LogP contribution in [0.2, 0.25) is 0 Å². The maximum Gasteiger partial charge on any atom is 0.222 e. The number of carbonyl (C=O) groups excluding carboxylic acids is 1. The van der Waals surface area contributed by atoms with Gasteiger partial charge in [-0.05, 0) is 41.0 Å². The first-order chi connectivity index (χ1) is 24.9. The van der Waals surface area contributed by atoms with E-state index < -0.39 is 30.1 Å². The van der Waals surface area contributed by atoms with Crippen LogP contribution in [-0.4, -0.2) is 83.1 Å². The van der Waals surface area contributed by atoms with Crippen molar-refractivity contribution in [3.8, 4) is 17.6 Å². The van der Waals surface area contributed by atoms with E-state index in [1.54, 1.807) is 18.8 Å². The number of rotatable bonds is 15. The zero-order valence-corrected chi connectivity index (χ0v) is 28.3. The fourth-order valence-corrected chi connectivity index (χ4v) is 6.14. The van der Waals surface area contributed by atoms with Gasteiger partial charge in [0, 0.05) is 6.92 Å². The maximum atomic E-state index is 11.8. The normalized spacial score (nSPS) is 18.7. The third-order valence-corrected chi connectivity index (χ3v) is 8.58. The molecule has 2 N–H and O–H groups in total. The summed E-state index contributed by atoms with van der Waals surface area (Å²) in [5.74, 6) is 1.28. The van der Waals surface area contributed by atoms with E-state index in [4.69, 9.17) is 33.7 Å². The molecule has 5 aromatic rings. The van der Waals surface area contributed by atoms with E-state index in [0.29, 0.717) is 22.7 Å². The molecule has 1 aliphatic heterocycles. The van der Waals surface area contributed by atoms with Gasteiger partial charge in [-0.25, -0.2) is 15.0 Å². The molecule has 0 radical (unpaired) electrons. The Kier molecular flexibility index (Phi) is 11.2. The minimum Gasteiger partial charge on any atom is -0.497 e. The van der Waals surface area contributed by atoms with Gasteiger partial charge < -0.3 is 38.8 Å². The van der Waals surface area contributed by atoms with E-state index in [2.05, 4.69) is 20.3 Å². The summed E-state index contributed by atoms with van der Waals surface area (Å²) in [5, 5.41) is 23.4. The van der Waals surface area contributed by atoms with Gasteiger partial charge in [-0.3, -0.25) is 9.36 Å². The van der Waals surface area contributed by atoms with E-state index in [1.807, 2.05) is 84.9 Å². The Morgan fingerprint density at radius 1 is 0.961 bits per heavy atom. The summed E-state index contributed by atoms with van der Waals surface area (Å²) in [7, 11) is 3.22. The molecule has 1 amide bonds. The van der Waals surface area contributed by atoms with Crippen molar-refractivity contribution in [2.75, 3.05) is 39.5 Å². The molecule has 14 nitrogen and oxygen atoms in total. The first kappa shape index (κ1) is 35.4. The number of hydrogen-bond acceptors (Lipinski definition) is 12. The summed E-state index contributed by atoms with van der Waals surface area (Å²) in [4.78, 5) is 24.8. The molecular weight excluding hydrogens is 656 g/mol. The number of carbonyl (C=O) groups is 1. The summed E-state index contributed by atoms with van der Waals surface area (Å²) in [6.07, 6.45) is -1.05. The molecule has 3 aromatic carbocycles. The molecule has 1 fully saturated rings. The molecule has 0 saturated carbocycles. The highest BCUT2D eigenvalue weighted by Gasteiger charge is 2.48. The third kappa shape index (κ3) is 7.39. The van der Waals surface area contributed by atoms with Crippen molar-refractivity contribution in [2.45, 2.75) is 43.5 Å². The predicted molar refractivity (Wildman–Crippen MR) is 184 cm³/mol. The number of nitrogens with zero attached hydrogens (tertiary/aromatic N) is 5. The van der Waals surface area contributed by atoms with Crippen molar-refractivity contribution in [1.29, 1.82) is 5.26 Å². The van der Waals surface area contributed by atoms with Gasteiger partial charge in [-0.2, -0.15) is 5.26 Å². The maximum absolute atomic E-state index is 11.8. The first-order valence-corrected chi connectivity index (χ1v) is 16.2. The minimum absolute atomic E-state index is 0.0848. The lowest BCUT2D eigenvalue weighted by atomic mass is 9.80. The van der Waals surface area contributed by atoms with Crippen LogP contribution in [0.4, 0.5) is 5.82 Å². The SMILES string of the molecule is COc1ccc(C(OC[C@H]2O[C@@H](n3cnc4c(NC(C)=O)ncnc43)[C@H](OCOCCC#N)[C@@H]2O)(c2ccccc2)c2ccc(OC)cc2)cc1. The van der Waals surface area contributed by atoms with Crippen molar-refractivity contribution in [3.63, 3.8) is 0 Å². The summed E-state index contributed by atoms with van der Waals surface area (Å²) >= 11 is 0. The van der Waals surface area contributed by atoms with Crippen LogP contribution in [-0.2, 0) is 29.3 Å². The second kappa shape index (κ2) is 16.1. The predicted octanol–water partition coefficient (Wildman–Crippen LogP) is 4.34. The van der Waals surface area contributed by atoms with Gasteiger partial charge in [0.25, 0.3) is 0 Å². The van der Waals surface area contributed by atoms with Crippen molar-refractivity contribution < 1.29 is 38.3 Å². The molecule has 3 heterocycles. The largest absolute Gasteiger partial charge is 0.497 e. The average molecular weight is 695 g/mol. The van der Waals surface area contributed by atoms with Crippen molar-refractivity contribution in [3.05, 3.63) is 108 Å². The molecule has 0 bridgehead atoms. The molecule has 2 aromatic heterocycles. The first-order valence-electron chi connectivity index (χ1n) is 16.2. The molecule has 14 heteroatoms. The summed E-state index contributed by atoms with van der Waals surface area (Å²) in [6, 6.07) is 27.1. The molecule has 0 spiro atoms. The zero-order chi connectivity index (χ0) is 35.8. The number of methoxy groups -OCH3 is 2. The number of imidazole rings is 1. The van der Waals surface area contributed by atoms with E-state index in [0.717, 1.165) is 16.7 Å². The average Bonchev–Trinajstić information content (AvgIpc) is 3.73. The minimum atomic E-state index is -1.20. The number of hydrogen-bond donors (Lipinski definition) is 2. The number of aliphatic hydroxyl groups is 1. The molecule has 264 valence electrons. The van der Waals surface area contributed by atoms with E-state index >= 15 is 0 Å². The number of aromatic nitrogens is 4. The Balaban J connectivity index is 1.38. The smallest absolute Gasteiger partial charge is 0.222 e. The molecule has 51 heavy (non-hydrogen) atoms. The Morgan fingerprint density at radius 2 is 1.61 bits per heavy atom. The van der Waals surface area contributed by atoms with Crippen LogP contribution in [0, 0.1) is 11.3 Å². The van der Waals surface area contributed by atoms with Gasteiger partial charge in [0.1, 0.15) is 48.5 Å². The van der Waals surface area contributed by atoms with Gasteiger partial charge in [-0.1, -0.05) is 54.6 Å². The van der Waals surface area contributed by atoms with Crippen LogP contribution in [0.25, 0.3) is 11.2 Å². The van der Waals surface area contributed by atoms with Crippen LogP contribution in [0.5, 0.6) is 11.5 Å². The van der Waals surface area contributed by atoms with Gasteiger partial charge >= 0.3 is 0 Å². The van der Waals surface area contributed by atoms with Gasteiger partial charge in [0.2, 0.25) is 5.91 Å². The zero-order valence-electron chi connectivity index (χ0n) is 28.3. The molecule has 1 saturated heterocycles. The molecule has 4 atom stereocenters. The van der Waals surface area contributed by atoms with Crippen LogP contribution >= 0.6 is 0 Å². The second-order valence-corrected chi connectivity index (χ2v) is 11.7. The third-order valence-electron chi connectivity index (χ3n) is 8.58. The lowest BCUT2D eigenvalue weighted by Gasteiger charge is -2.37. The topological polar surface area (TPSA) is 172 Å². The van der Waals surface area contributed by atoms with Crippen LogP contribution in [0.15, 0.2) is 91.5 Å². The molecular formula is C37H38N6O8. The Hall–Kier alpha value is -5.43. The number of benzene rings is 3. The van der Waals surface area contributed by atoms with Crippen molar-refractivity contribution in [2.24, 2.45) is 0 Å². The Bertz CT molecular complexity index is 1900. The van der Waals surface area contributed by atoms with Crippen molar-refractivity contribution >= 4 is 22.9 Å². The summed E-state index contributed by atoms with van der Waals surface area (Å²) in [5.41, 5.74) is 1.97. The Morgan fingerprint density at radius 3 is 2.22 bits per heavy atom. The second-order valence-electron chi connectivity index (χ2n) is 11.7. The number of nitrogens with one attached hydrogen (secondary N) is 1. The highest BCUT2D eigenvalue weighted by atomic mass is 16.7. The van der Waals surface area contributed by atoms with E-state index in [-0.39, 0.29) is 38.2 Å². The highest BCUT2D eigenvalue weighted by molar-refractivity contribution is 5.95. The van der Waals surface area contributed by atoms with Crippen molar-refractivity contribution in [1.82, 2.24) is 19.5 Å². The number of ether oxygens (including phenoxy) is 6. The van der Waals surface area contributed by atoms with Crippen LogP contribution in [0.3, 0.4) is 0 Å². The monoisotopic (exact) mass is 694 g/mol. The van der Waals surface area contributed by atoms with Gasteiger partial charge in [0.15, 0.2) is 23.2 Å². The molecule has 6 rings (SSSR count). The molecule has 1 aliphatic rings. The van der Waals surface area contributed by atoms with Crippen LogP contribution < -0.4 is 14.8 Å². The number of nitriles is 1. The standard InChI is InChI=1S/C37H38N6O8/c1-24(44)42-34-31-35(40-21-39-34)43(22-41-31)36-33(49-23-48-19-7-18-38)32(45)30(51-36)20-50-37(25-8-5-4-6-9-25,26-10-14-28(46-2)15-11-26)27-12-16-29(47-3)17-13-27/h4-6,8-17,21-22,30,32-33,36,45H,7,19-20,23H2,1-3H3,(H,39,40,42,44)/t30-,32-,33-,36-/m1/s1. The molecule has 0 unspecified atom stereocenters. The van der Waals surface area contributed by atoms with Gasteiger partial charge in [-0.15, -0.1) is 0 Å². The quantitative estimate of drug-likeness (QED) is 0.0904. The van der Waals surface area contributed by atoms with E-state index in [1.165, 1.54) is 19.6 Å². The number of fused-ring (bicyclic) bond motifs is 1. The lowest BCUT2D eigenvalue weighted by Crippen LogP contribution is -2.40. The van der Waals surface area contributed by atoms with E-state index in [9.17, 15) is 9.90 Å². The fourth-order valence-electron chi connectivity index (χ4n) is 6.14. The molecule has 0 aliphatic carbocycles. The number of amides is 1. The highest BCUT2D eigenvalue weighted by Crippen LogP contribution is 2.43. The lowest BCUT2D eigenvalue weighted by molar-refractivity contribution is -0.137. The summed E-state index contributed by atoms with van der Waals surface area (Å²) < 4.78 is 37.7. The summed E-state index contributed by atoms with van der Waals surface area (Å²) in [6.45, 7) is 1.23. The number of anilines is 1. The van der Waals surface area contributed by atoms with Gasteiger partial charge in [0.05, 0.1) is 46.3 Å². The fraction of sp³-hybridized carbons (Fsp3) is 0.324.